The normalized spacial score (nSPS) is 12.7. The van der Waals surface area contributed by atoms with Gasteiger partial charge in [0, 0.05) is 37.5 Å². The first kappa shape index (κ1) is 21.8. The molecule has 0 saturated heterocycles. The molecule has 34 heavy (non-hydrogen) atoms. The van der Waals surface area contributed by atoms with E-state index in [1.54, 1.807) is 29.0 Å². The van der Waals surface area contributed by atoms with Gasteiger partial charge in [0.05, 0.1) is 11.4 Å². The third kappa shape index (κ3) is 3.83. The number of carboxylic acid groups (broad SMARTS) is 1. The molecule has 4 aromatic rings. The highest BCUT2D eigenvalue weighted by Gasteiger charge is 2.30. The number of carbonyl (C=O) groups excluding carboxylic acids is 1. The first-order valence-electron chi connectivity index (χ1n) is 10.3. The molecule has 0 bridgehead atoms. The number of amides is 1. The fraction of sp³-hybridized carbons (Fsp3) is 0.0385. The van der Waals surface area contributed by atoms with Crippen LogP contribution in [0.5, 0.6) is 0 Å². The van der Waals surface area contributed by atoms with Crippen molar-refractivity contribution in [2.24, 2.45) is 0 Å². The molecule has 0 spiro atoms. The van der Waals surface area contributed by atoms with Gasteiger partial charge in [0.2, 0.25) is 0 Å². The van der Waals surface area contributed by atoms with E-state index in [2.05, 4.69) is 0 Å². The molecule has 5 rings (SSSR count). The molecule has 1 N–H and O–H groups in total. The van der Waals surface area contributed by atoms with E-state index in [4.69, 9.17) is 11.6 Å². The number of aromatic nitrogens is 1. The molecule has 0 unspecified atom stereocenters. The maximum Gasteiger partial charge on any atom is 0.323 e. The van der Waals surface area contributed by atoms with Crippen molar-refractivity contribution in [2.75, 3.05) is 4.90 Å². The monoisotopic (exact) mass is 485 g/mol. The van der Waals surface area contributed by atoms with Crippen LogP contribution in [-0.4, -0.2) is 21.6 Å². The van der Waals surface area contributed by atoms with Gasteiger partial charge in [-0.3, -0.25) is 14.5 Å². The molecule has 2 heterocycles. The molecule has 3 aromatic carbocycles. The van der Waals surface area contributed by atoms with E-state index < -0.39 is 11.9 Å². The molecule has 166 valence electrons. The Labute approximate surface area is 204 Å². The van der Waals surface area contributed by atoms with Crippen LogP contribution in [0.3, 0.4) is 0 Å². The van der Waals surface area contributed by atoms with Gasteiger partial charge in [-0.15, -0.1) is 0 Å². The Morgan fingerprint density at radius 3 is 2.56 bits per heavy atom. The Bertz CT molecular complexity index is 1550. The molecule has 0 atom stereocenters. The number of hydrogen-bond acceptors (Lipinski definition) is 4. The summed E-state index contributed by atoms with van der Waals surface area (Å²) in [6.07, 6.45) is 3.16. The van der Waals surface area contributed by atoms with Gasteiger partial charge in [0.25, 0.3) is 5.91 Å². The number of benzene rings is 3. The molecule has 1 aliphatic rings. The van der Waals surface area contributed by atoms with Crippen molar-refractivity contribution in [1.82, 2.24) is 4.57 Å². The van der Waals surface area contributed by atoms with Crippen LogP contribution in [0.15, 0.2) is 88.3 Å². The van der Waals surface area contributed by atoms with Gasteiger partial charge in [-0.1, -0.05) is 53.7 Å². The van der Waals surface area contributed by atoms with E-state index >= 15 is 0 Å². The van der Waals surface area contributed by atoms with Crippen molar-refractivity contribution in [3.63, 3.8) is 0 Å². The minimum atomic E-state index is -0.983. The summed E-state index contributed by atoms with van der Waals surface area (Å²) in [5.41, 5.74) is 2.49. The lowest BCUT2D eigenvalue weighted by molar-refractivity contribution is -0.137. The zero-order chi connectivity index (χ0) is 23.8. The second kappa shape index (κ2) is 8.75. The van der Waals surface area contributed by atoms with Crippen molar-refractivity contribution in [2.45, 2.75) is 16.3 Å². The molecule has 8 heteroatoms. The minimum absolute atomic E-state index is 0.0779. The first-order valence-corrected chi connectivity index (χ1v) is 11.5. The van der Waals surface area contributed by atoms with Crippen molar-refractivity contribution in [3.05, 3.63) is 89.1 Å². The molecule has 0 radical (unpaired) electrons. The number of aliphatic carboxylic acids is 1. The lowest BCUT2D eigenvalue weighted by Gasteiger charge is -2.31. The van der Waals surface area contributed by atoms with Crippen LogP contribution in [0.25, 0.3) is 17.0 Å². The number of rotatable bonds is 4. The van der Waals surface area contributed by atoms with Crippen LogP contribution in [-0.2, 0) is 16.1 Å². The maximum atomic E-state index is 13.8. The molecular formula is C26H16ClN3O3S. The van der Waals surface area contributed by atoms with E-state index in [1.165, 1.54) is 22.7 Å². The summed E-state index contributed by atoms with van der Waals surface area (Å²) in [6.45, 7) is -0.229. The molecule has 0 saturated carbocycles. The number of halogens is 1. The van der Waals surface area contributed by atoms with Crippen LogP contribution in [0.4, 0.5) is 11.4 Å². The summed E-state index contributed by atoms with van der Waals surface area (Å²) >= 11 is 7.78. The molecule has 0 aliphatic carbocycles. The van der Waals surface area contributed by atoms with Crippen LogP contribution < -0.4 is 4.90 Å². The number of anilines is 2. The number of carboxylic acids is 1. The van der Waals surface area contributed by atoms with Gasteiger partial charge in [-0.2, -0.15) is 5.26 Å². The van der Waals surface area contributed by atoms with Crippen molar-refractivity contribution in [1.29, 1.82) is 5.26 Å². The second-order valence-electron chi connectivity index (χ2n) is 7.62. The number of hydrogen-bond donors (Lipinski definition) is 1. The van der Waals surface area contributed by atoms with E-state index in [9.17, 15) is 20.0 Å². The summed E-state index contributed by atoms with van der Waals surface area (Å²) in [6, 6.07) is 22.1. The van der Waals surface area contributed by atoms with E-state index in [1.807, 2.05) is 54.6 Å². The van der Waals surface area contributed by atoms with Gasteiger partial charge < -0.3 is 9.67 Å². The lowest BCUT2D eigenvalue weighted by atomic mass is 10.1. The summed E-state index contributed by atoms with van der Waals surface area (Å²) in [7, 11) is 0. The maximum absolute atomic E-state index is 13.8. The predicted molar refractivity (Wildman–Crippen MR) is 132 cm³/mol. The predicted octanol–water partition coefficient (Wildman–Crippen LogP) is 6.12. The highest BCUT2D eigenvalue weighted by atomic mass is 35.5. The number of carbonyl (C=O) groups is 2. The van der Waals surface area contributed by atoms with Gasteiger partial charge in [-0.25, -0.2) is 0 Å². The molecule has 1 amide bonds. The van der Waals surface area contributed by atoms with Crippen LogP contribution >= 0.6 is 23.4 Å². The fourth-order valence-electron chi connectivity index (χ4n) is 4.03. The summed E-state index contributed by atoms with van der Waals surface area (Å²) in [4.78, 5) is 28.3. The van der Waals surface area contributed by atoms with Crippen LogP contribution in [0, 0.1) is 11.3 Å². The zero-order valence-electron chi connectivity index (χ0n) is 17.6. The summed E-state index contributed by atoms with van der Waals surface area (Å²) in [5, 5.41) is 20.5. The number of para-hydroxylation sites is 2. The first-order chi connectivity index (χ1) is 16.5. The molecule has 6 nitrogen and oxygen atoms in total. The van der Waals surface area contributed by atoms with Crippen LogP contribution in [0.2, 0.25) is 5.02 Å². The molecule has 1 aliphatic heterocycles. The SMILES string of the molecule is N#CC(=Cc1cn(CC(=O)O)c2ccccc12)C(=O)N1c2ccccc2Sc2ccc(Cl)cc21. The molecule has 1 aromatic heterocycles. The fourth-order valence-corrected chi connectivity index (χ4v) is 5.24. The van der Waals surface area contributed by atoms with Gasteiger partial charge in [0.1, 0.15) is 18.2 Å². The average Bonchev–Trinajstić information content (AvgIpc) is 3.17. The molecular weight excluding hydrogens is 470 g/mol. The third-order valence-electron chi connectivity index (χ3n) is 5.47. The highest BCUT2D eigenvalue weighted by molar-refractivity contribution is 7.99. The minimum Gasteiger partial charge on any atom is -0.480 e. The topological polar surface area (TPSA) is 86.3 Å². The number of fused-ring (bicyclic) bond motifs is 3. The number of nitrogens with zero attached hydrogens (tertiary/aromatic N) is 3. The van der Waals surface area contributed by atoms with Crippen molar-refractivity contribution >= 4 is 63.6 Å². The Balaban J connectivity index is 1.64. The lowest BCUT2D eigenvalue weighted by Crippen LogP contribution is -2.29. The Morgan fingerprint density at radius 2 is 1.76 bits per heavy atom. The van der Waals surface area contributed by atoms with Gasteiger partial charge >= 0.3 is 5.97 Å². The largest absolute Gasteiger partial charge is 0.480 e. The van der Waals surface area contributed by atoms with Crippen molar-refractivity contribution < 1.29 is 14.7 Å². The zero-order valence-corrected chi connectivity index (χ0v) is 19.2. The smallest absolute Gasteiger partial charge is 0.323 e. The van der Waals surface area contributed by atoms with Crippen molar-refractivity contribution in [3.8, 4) is 6.07 Å². The quantitative estimate of drug-likeness (QED) is 0.278. The number of nitriles is 1. The van der Waals surface area contributed by atoms with E-state index in [0.717, 1.165) is 15.2 Å². The van der Waals surface area contributed by atoms with Gasteiger partial charge in [0.15, 0.2) is 0 Å². The van der Waals surface area contributed by atoms with E-state index in [-0.39, 0.29) is 12.1 Å². The van der Waals surface area contributed by atoms with Crippen LogP contribution in [0.1, 0.15) is 5.56 Å². The Morgan fingerprint density at radius 1 is 1.03 bits per heavy atom. The summed E-state index contributed by atoms with van der Waals surface area (Å²) < 4.78 is 1.59. The van der Waals surface area contributed by atoms with E-state index in [0.29, 0.717) is 27.5 Å². The Kier molecular flexibility index (Phi) is 5.62. The van der Waals surface area contributed by atoms with Gasteiger partial charge in [-0.05, 0) is 42.5 Å². The highest BCUT2D eigenvalue weighted by Crippen LogP contribution is 2.49. The molecule has 0 fully saturated rings. The third-order valence-corrected chi connectivity index (χ3v) is 6.83. The Hall–Kier alpha value is -3.99. The standard InChI is InChI=1S/C26H16ClN3O3S/c27-18-9-10-24-22(12-18)30(21-7-3-4-8-23(21)34-24)26(33)16(13-28)11-17-14-29(15-25(31)32)20-6-2-1-5-19(17)20/h1-12,14H,15H2,(H,31,32). The average molecular weight is 486 g/mol. The summed E-state index contributed by atoms with van der Waals surface area (Å²) in [5.74, 6) is -1.47. The second-order valence-corrected chi connectivity index (χ2v) is 9.14.